The molecule has 1 aromatic carbocycles. The Morgan fingerprint density at radius 3 is 2.47 bits per heavy atom. The molecule has 0 aliphatic carbocycles. The molecule has 2 rings (SSSR count). The van der Waals surface area contributed by atoms with Gasteiger partial charge in [0.2, 0.25) is 0 Å². The monoisotopic (exact) mass is 255 g/mol. The number of carbonyl (C=O) groups is 2. The SMILES string of the molecule is Cc1cc(C(=O)Nc2ccc(C=O)cc2)c(C)nn1. The van der Waals surface area contributed by atoms with Gasteiger partial charge in [-0.25, -0.2) is 0 Å². The highest BCUT2D eigenvalue weighted by Gasteiger charge is 2.11. The maximum atomic E-state index is 12.1. The van der Waals surface area contributed by atoms with E-state index in [1.54, 1.807) is 44.2 Å². The number of rotatable bonds is 3. The second kappa shape index (κ2) is 5.39. The van der Waals surface area contributed by atoms with Gasteiger partial charge in [-0.3, -0.25) is 9.59 Å². The van der Waals surface area contributed by atoms with Crippen LogP contribution in [0.4, 0.5) is 5.69 Å². The van der Waals surface area contributed by atoms with Crippen molar-refractivity contribution < 1.29 is 9.59 Å². The van der Waals surface area contributed by atoms with E-state index in [2.05, 4.69) is 15.5 Å². The van der Waals surface area contributed by atoms with Crippen molar-refractivity contribution in [3.05, 3.63) is 52.8 Å². The molecule has 2 aromatic rings. The van der Waals surface area contributed by atoms with Crippen LogP contribution in [-0.4, -0.2) is 22.4 Å². The van der Waals surface area contributed by atoms with Gasteiger partial charge in [-0.05, 0) is 44.2 Å². The van der Waals surface area contributed by atoms with Crippen LogP contribution in [0.15, 0.2) is 30.3 Å². The van der Waals surface area contributed by atoms with Crippen molar-refractivity contribution in [1.29, 1.82) is 0 Å². The average Bonchev–Trinajstić information content (AvgIpc) is 2.42. The number of hydrogen-bond acceptors (Lipinski definition) is 4. The predicted molar refractivity (Wildman–Crippen MR) is 71.3 cm³/mol. The quantitative estimate of drug-likeness (QED) is 0.853. The number of nitrogens with one attached hydrogen (secondary N) is 1. The van der Waals surface area contributed by atoms with Crippen LogP contribution in [0.2, 0.25) is 0 Å². The minimum Gasteiger partial charge on any atom is -0.322 e. The lowest BCUT2D eigenvalue weighted by Gasteiger charge is -2.07. The molecular weight excluding hydrogens is 242 g/mol. The molecule has 0 aliphatic rings. The third kappa shape index (κ3) is 3.01. The number of anilines is 1. The van der Waals surface area contributed by atoms with Gasteiger partial charge in [0.05, 0.1) is 17.0 Å². The Balaban J connectivity index is 2.20. The van der Waals surface area contributed by atoms with Gasteiger partial charge < -0.3 is 5.32 Å². The van der Waals surface area contributed by atoms with Crippen molar-refractivity contribution >= 4 is 17.9 Å². The fourth-order valence-electron chi connectivity index (χ4n) is 1.62. The molecule has 1 heterocycles. The number of nitrogens with zero attached hydrogens (tertiary/aromatic N) is 2. The van der Waals surface area contributed by atoms with E-state index in [-0.39, 0.29) is 5.91 Å². The minimum absolute atomic E-state index is 0.241. The Kier molecular flexibility index (Phi) is 3.66. The second-order valence-electron chi connectivity index (χ2n) is 4.18. The summed E-state index contributed by atoms with van der Waals surface area (Å²) in [5.41, 5.74) is 2.95. The summed E-state index contributed by atoms with van der Waals surface area (Å²) in [6.07, 6.45) is 0.756. The van der Waals surface area contributed by atoms with Crippen LogP contribution in [0.25, 0.3) is 0 Å². The topological polar surface area (TPSA) is 72.0 Å². The summed E-state index contributed by atoms with van der Waals surface area (Å²) in [6, 6.07) is 8.34. The van der Waals surface area contributed by atoms with Gasteiger partial charge in [-0.15, -0.1) is 0 Å². The summed E-state index contributed by atoms with van der Waals surface area (Å²) in [5, 5.41) is 10.5. The first-order valence-corrected chi connectivity index (χ1v) is 5.77. The van der Waals surface area contributed by atoms with E-state index in [1.807, 2.05) is 0 Å². The standard InChI is InChI=1S/C14H13N3O2/c1-9-7-13(10(2)17-16-9)14(19)15-12-5-3-11(8-18)4-6-12/h3-8H,1-2H3,(H,15,19). The van der Waals surface area contributed by atoms with Gasteiger partial charge in [0.15, 0.2) is 0 Å². The lowest BCUT2D eigenvalue weighted by atomic mass is 10.1. The third-order valence-corrected chi connectivity index (χ3v) is 2.65. The van der Waals surface area contributed by atoms with E-state index in [9.17, 15) is 9.59 Å². The number of amides is 1. The zero-order valence-corrected chi connectivity index (χ0v) is 10.7. The smallest absolute Gasteiger partial charge is 0.257 e. The van der Waals surface area contributed by atoms with E-state index >= 15 is 0 Å². The van der Waals surface area contributed by atoms with Crippen LogP contribution >= 0.6 is 0 Å². The Hall–Kier alpha value is -2.56. The van der Waals surface area contributed by atoms with Crippen molar-refractivity contribution in [1.82, 2.24) is 10.2 Å². The number of hydrogen-bond donors (Lipinski definition) is 1. The Labute approximate surface area is 110 Å². The summed E-state index contributed by atoms with van der Waals surface area (Å²) >= 11 is 0. The molecule has 0 aliphatic heterocycles. The number of aryl methyl sites for hydroxylation is 2. The summed E-state index contributed by atoms with van der Waals surface area (Å²) in [4.78, 5) is 22.6. The molecule has 96 valence electrons. The van der Waals surface area contributed by atoms with Crippen LogP contribution in [0.3, 0.4) is 0 Å². The molecule has 0 saturated heterocycles. The van der Waals surface area contributed by atoms with E-state index < -0.39 is 0 Å². The highest BCUT2D eigenvalue weighted by atomic mass is 16.1. The van der Waals surface area contributed by atoms with Crippen LogP contribution in [0.1, 0.15) is 32.1 Å². The highest BCUT2D eigenvalue weighted by Crippen LogP contribution is 2.12. The van der Waals surface area contributed by atoms with Gasteiger partial charge >= 0.3 is 0 Å². The van der Waals surface area contributed by atoms with Crippen molar-refractivity contribution in [3.8, 4) is 0 Å². The van der Waals surface area contributed by atoms with Crippen molar-refractivity contribution in [2.45, 2.75) is 13.8 Å². The second-order valence-corrected chi connectivity index (χ2v) is 4.18. The van der Waals surface area contributed by atoms with Gasteiger partial charge in [-0.1, -0.05) is 0 Å². The molecule has 0 atom stereocenters. The fraction of sp³-hybridized carbons (Fsp3) is 0.143. The van der Waals surface area contributed by atoms with E-state index in [1.165, 1.54) is 0 Å². The molecule has 1 aromatic heterocycles. The van der Waals surface area contributed by atoms with Crippen LogP contribution in [-0.2, 0) is 0 Å². The summed E-state index contributed by atoms with van der Waals surface area (Å²) in [7, 11) is 0. The fourth-order valence-corrected chi connectivity index (χ4v) is 1.62. The molecule has 0 unspecified atom stereocenters. The molecular formula is C14H13N3O2. The molecule has 0 fully saturated rings. The lowest BCUT2D eigenvalue weighted by molar-refractivity contribution is 0.102. The lowest BCUT2D eigenvalue weighted by Crippen LogP contribution is -2.15. The van der Waals surface area contributed by atoms with Gasteiger partial charge in [0.1, 0.15) is 6.29 Å². The molecule has 1 N–H and O–H groups in total. The summed E-state index contributed by atoms with van der Waals surface area (Å²) in [5.74, 6) is -0.241. The van der Waals surface area contributed by atoms with Crippen LogP contribution < -0.4 is 5.32 Å². The Morgan fingerprint density at radius 2 is 1.84 bits per heavy atom. The number of benzene rings is 1. The highest BCUT2D eigenvalue weighted by molar-refractivity contribution is 6.05. The van der Waals surface area contributed by atoms with Crippen molar-refractivity contribution in [2.75, 3.05) is 5.32 Å². The first kappa shape index (κ1) is 12.9. The molecule has 19 heavy (non-hydrogen) atoms. The van der Waals surface area contributed by atoms with E-state index in [4.69, 9.17) is 0 Å². The maximum Gasteiger partial charge on any atom is 0.257 e. The van der Waals surface area contributed by atoms with Gasteiger partial charge in [0.25, 0.3) is 5.91 Å². The van der Waals surface area contributed by atoms with E-state index in [0.717, 1.165) is 6.29 Å². The Morgan fingerprint density at radius 1 is 1.16 bits per heavy atom. The summed E-state index contributed by atoms with van der Waals surface area (Å²) < 4.78 is 0. The van der Waals surface area contributed by atoms with Crippen molar-refractivity contribution in [2.24, 2.45) is 0 Å². The molecule has 0 saturated carbocycles. The average molecular weight is 255 g/mol. The van der Waals surface area contributed by atoms with Gasteiger partial charge in [-0.2, -0.15) is 10.2 Å². The molecule has 0 bridgehead atoms. The van der Waals surface area contributed by atoms with Gasteiger partial charge in [0, 0.05) is 11.3 Å². The Bertz CT molecular complexity index is 621. The number of aldehydes is 1. The zero-order valence-electron chi connectivity index (χ0n) is 10.7. The maximum absolute atomic E-state index is 12.1. The largest absolute Gasteiger partial charge is 0.322 e. The molecule has 5 heteroatoms. The molecule has 1 amide bonds. The molecule has 5 nitrogen and oxygen atoms in total. The molecule has 0 radical (unpaired) electrons. The number of carbonyl (C=O) groups excluding carboxylic acids is 2. The first-order valence-electron chi connectivity index (χ1n) is 5.77. The predicted octanol–water partition coefficient (Wildman–Crippen LogP) is 2.16. The van der Waals surface area contributed by atoms with Crippen LogP contribution in [0.5, 0.6) is 0 Å². The summed E-state index contributed by atoms with van der Waals surface area (Å²) in [6.45, 7) is 3.51. The molecule has 0 spiro atoms. The third-order valence-electron chi connectivity index (χ3n) is 2.65. The van der Waals surface area contributed by atoms with E-state index in [0.29, 0.717) is 28.2 Å². The normalized spacial score (nSPS) is 10.0. The minimum atomic E-state index is -0.241. The van der Waals surface area contributed by atoms with Crippen molar-refractivity contribution in [3.63, 3.8) is 0 Å². The van der Waals surface area contributed by atoms with Crippen LogP contribution in [0, 0.1) is 13.8 Å². The number of aromatic nitrogens is 2. The zero-order chi connectivity index (χ0) is 13.8. The first-order chi connectivity index (χ1) is 9.10.